The zero-order chi connectivity index (χ0) is 18.9. The summed E-state index contributed by atoms with van der Waals surface area (Å²) in [6, 6.07) is 4.79. The maximum Gasteiger partial charge on any atom is 0.311 e. The molecule has 2 heterocycles. The number of esters is 1. The summed E-state index contributed by atoms with van der Waals surface area (Å²) in [6.07, 6.45) is 0.922. The molecule has 0 saturated carbocycles. The van der Waals surface area contributed by atoms with Gasteiger partial charge in [0.25, 0.3) is 10.0 Å². The van der Waals surface area contributed by atoms with Crippen LogP contribution in [0.4, 0.5) is 5.00 Å². The van der Waals surface area contributed by atoms with Crippen molar-refractivity contribution >= 4 is 55.1 Å². The van der Waals surface area contributed by atoms with Gasteiger partial charge in [-0.3, -0.25) is 9.52 Å². The van der Waals surface area contributed by atoms with Crippen molar-refractivity contribution in [2.24, 2.45) is 0 Å². The number of carbonyl (C=O) groups excluding carboxylic acids is 1. The third-order valence-corrected chi connectivity index (χ3v) is 6.92. The number of aromatic nitrogens is 2. The van der Waals surface area contributed by atoms with Crippen LogP contribution in [0, 0.1) is 13.8 Å². The zero-order valence-electron chi connectivity index (χ0n) is 14.4. The van der Waals surface area contributed by atoms with E-state index in [-0.39, 0.29) is 28.0 Å². The van der Waals surface area contributed by atoms with Crippen LogP contribution >= 0.6 is 23.1 Å². The first-order chi connectivity index (χ1) is 12.3. The fourth-order valence-electron chi connectivity index (χ4n) is 2.34. The molecule has 0 atom stereocenters. The summed E-state index contributed by atoms with van der Waals surface area (Å²) in [6.45, 7) is 5.52. The number of hydrogen-bond acceptors (Lipinski definition) is 8. The molecule has 0 bridgehead atoms. The molecule has 26 heavy (non-hydrogen) atoms. The normalized spacial score (nSPS) is 11.7. The molecule has 0 aliphatic carbocycles. The maximum absolute atomic E-state index is 12.9. The number of anilines is 1. The van der Waals surface area contributed by atoms with Crippen molar-refractivity contribution in [3.8, 4) is 5.75 Å². The Hall–Kier alpha value is -2.04. The van der Waals surface area contributed by atoms with Crippen molar-refractivity contribution in [3.05, 3.63) is 28.6 Å². The highest BCUT2D eigenvalue weighted by Crippen LogP contribution is 2.41. The minimum absolute atomic E-state index is 0.0401. The molecule has 1 N–H and O–H groups in total. The van der Waals surface area contributed by atoms with Gasteiger partial charge in [0, 0.05) is 16.9 Å². The van der Waals surface area contributed by atoms with Gasteiger partial charge in [0.15, 0.2) is 5.75 Å². The number of aryl methyl sites for hydroxylation is 1. The molecule has 3 aromatic rings. The molecule has 7 nitrogen and oxygen atoms in total. The second-order valence-electron chi connectivity index (χ2n) is 5.66. The van der Waals surface area contributed by atoms with Gasteiger partial charge in [0.05, 0.1) is 11.7 Å². The topological polar surface area (TPSA) is 98.2 Å². The van der Waals surface area contributed by atoms with Crippen LogP contribution in [-0.2, 0) is 14.8 Å². The Morgan fingerprint density at radius 2 is 2.04 bits per heavy atom. The minimum atomic E-state index is -3.91. The van der Waals surface area contributed by atoms with E-state index in [0.29, 0.717) is 17.5 Å². The van der Waals surface area contributed by atoms with E-state index >= 15 is 0 Å². The lowest BCUT2D eigenvalue weighted by Gasteiger charge is -2.10. The summed E-state index contributed by atoms with van der Waals surface area (Å²) in [5.74, 6) is -0.127. The summed E-state index contributed by atoms with van der Waals surface area (Å²) in [5.41, 5.74) is 1.58. The number of fused-ring (bicyclic) bond motifs is 1. The van der Waals surface area contributed by atoms with Crippen molar-refractivity contribution in [2.45, 2.75) is 38.5 Å². The Labute approximate surface area is 159 Å². The summed E-state index contributed by atoms with van der Waals surface area (Å²) in [7, 11) is -3.91. The Kier molecular flexibility index (Phi) is 5.26. The summed E-state index contributed by atoms with van der Waals surface area (Å²) < 4.78 is 41.9. The van der Waals surface area contributed by atoms with Crippen LogP contribution < -0.4 is 9.46 Å². The summed E-state index contributed by atoms with van der Waals surface area (Å²) in [4.78, 5) is 12.8. The molecular weight excluding hydrogens is 394 g/mol. The predicted octanol–water partition coefficient (Wildman–Crippen LogP) is 3.88. The van der Waals surface area contributed by atoms with E-state index in [0.717, 1.165) is 22.2 Å². The Morgan fingerprint density at radius 1 is 1.27 bits per heavy atom. The van der Waals surface area contributed by atoms with Gasteiger partial charge in [-0.15, -0.1) is 11.3 Å². The van der Waals surface area contributed by atoms with Crippen LogP contribution in [0.5, 0.6) is 5.75 Å². The number of benzene rings is 1. The largest absolute Gasteiger partial charge is 0.423 e. The third kappa shape index (κ3) is 3.57. The molecule has 0 unspecified atom stereocenters. The minimum Gasteiger partial charge on any atom is -0.423 e. The van der Waals surface area contributed by atoms with Crippen LogP contribution in [-0.4, -0.2) is 23.1 Å². The van der Waals surface area contributed by atoms with Crippen LogP contribution in [0.1, 0.15) is 30.2 Å². The molecule has 0 fully saturated rings. The average molecular weight is 412 g/mol. The number of thiophene rings is 1. The fourth-order valence-corrected chi connectivity index (χ4v) is 5.39. The van der Waals surface area contributed by atoms with E-state index in [4.69, 9.17) is 4.74 Å². The van der Waals surface area contributed by atoms with Gasteiger partial charge >= 0.3 is 5.97 Å². The Morgan fingerprint density at radius 3 is 2.77 bits per heavy atom. The van der Waals surface area contributed by atoms with Crippen LogP contribution in [0.15, 0.2) is 23.1 Å². The molecule has 1 aromatic carbocycles. The number of rotatable bonds is 6. The lowest BCUT2D eigenvalue weighted by molar-refractivity contribution is -0.134. The van der Waals surface area contributed by atoms with Crippen molar-refractivity contribution in [1.29, 1.82) is 0 Å². The van der Waals surface area contributed by atoms with Crippen LogP contribution in [0.3, 0.4) is 0 Å². The molecule has 10 heteroatoms. The lowest BCUT2D eigenvalue weighted by Crippen LogP contribution is -2.14. The van der Waals surface area contributed by atoms with Gasteiger partial charge in [-0.1, -0.05) is 13.0 Å². The average Bonchev–Trinajstić information content (AvgIpc) is 3.15. The number of hydrogen-bond donors (Lipinski definition) is 1. The van der Waals surface area contributed by atoms with Gasteiger partial charge in [-0.05, 0) is 32.4 Å². The van der Waals surface area contributed by atoms with E-state index in [1.54, 1.807) is 19.1 Å². The molecule has 0 radical (unpaired) electrons. The highest BCUT2D eigenvalue weighted by molar-refractivity contribution is 7.93. The molecule has 0 saturated heterocycles. The Balaban J connectivity index is 1.99. The molecule has 138 valence electrons. The molecule has 2 aromatic heterocycles. The van der Waals surface area contributed by atoms with E-state index in [1.807, 2.05) is 13.8 Å². The first-order valence-electron chi connectivity index (χ1n) is 7.88. The maximum atomic E-state index is 12.9. The zero-order valence-corrected chi connectivity index (χ0v) is 16.8. The van der Waals surface area contributed by atoms with Crippen molar-refractivity contribution in [1.82, 2.24) is 8.75 Å². The van der Waals surface area contributed by atoms with E-state index in [2.05, 4.69) is 13.5 Å². The smallest absolute Gasteiger partial charge is 0.311 e. The van der Waals surface area contributed by atoms with Crippen molar-refractivity contribution < 1.29 is 17.9 Å². The molecule has 0 amide bonds. The second kappa shape index (κ2) is 7.29. The lowest BCUT2D eigenvalue weighted by atomic mass is 10.3. The number of carbonyl (C=O) groups is 1. The summed E-state index contributed by atoms with van der Waals surface area (Å²) in [5, 5.41) is 0.282. The predicted molar refractivity (Wildman–Crippen MR) is 103 cm³/mol. The fraction of sp³-hybridized carbons (Fsp3) is 0.312. The van der Waals surface area contributed by atoms with Crippen LogP contribution in [0.25, 0.3) is 11.0 Å². The standard InChI is InChI=1S/C16H17N3O4S3/c1-4-6-13(20)23-15-9(2)10(3)24-16(15)19-26(21,22)12-8-5-7-11-14(12)18-25-17-11/h5,7-8,19H,4,6H2,1-3H3. The quantitative estimate of drug-likeness (QED) is 0.618. The van der Waals surface area contributed by atoms with E-state index in [9.17, 15) is 13.2 Å². The SMILES string of the molecule is CCCC(=O)Oc1c(NS(=O)(=O)c2cccc3nsnc23)sc(C)c1C. The number of nitrogens with one attached hydrogen (secondary N) is 1. The molecular formula is C16H17N3O4S3. The highest BCUT2D eigenvalue weighted by atomic mass is 32.2. The Bertz CT molecular complexity index is 1070. The molecule has 0 aliphatic heterocycles. The highest BCUT2D eigenvalue weighted by Gasteiger charge is 2.25. The van der Waals surface area contributed by atoms with Gasteiger partial charge < -0.3 is 4.74 Å². The first kappa shape index (κ1) is 18.7. The van der Waals surface area contributed by atoms with Gasteiger partial charge in [-0.2, -0.15) is 8.75 Å². The van der Waals surface area contributed by atoms with Gasteiger partial charge in [0.1, 0.15) is 20.9 Å². The van der Waals surface area contributed by atoms with E-state index < -0.39 is 10.0 Å². The van der Waals surface area contributed by atoms with Crippen molar-refractivity contribution in [2.75, 3.05) is 4.72 Å². The monoisotopic (exact) mass is 411 g/mol. The second-order valence-corrected chi connectivity index (χ2v) is 9.06. The number of nitrogens with zero attached hydrogens (tertiary/aromatic N) is 2. The van der Waals surface area contributed by atoms with E-state index in [1.165, 1.54) is 17.4 Å². The van der Waals surface area contributed by atoms with Crippen molar-refractivity contribution in [3.63, 3.8) is 0 Å². The summed E-state index contributed by atoms with van der Waals surface area (Å²) >= 11 is 2.18. The molecule has 0 spiro atoms. The van der Waals surface area contributed by atoms with Gasteiger partial charge in [0.2, 0.25) is 0 Å². The molecule has 3 rings (SSSR count). The molecule has 0 aliphatic rings. The number of ether oxygens (including phenoxy) is 1. The van der Waals surface area contributed by atoms with Crippen LogP contribution in [0.2, 0.25) is 0 Å². The number of sulfonamides is 1. The first-order valence-corrected chi connectivity index (χ1v) is 10.9. The third-order valence-electron chi connectivity index (χ3n) is 3.77. The van der Waals surface area contributed by atoms with Gasteiger partial charge in [-0.25, -0.2) is 8.42 Å².